The molecule has 2 rings (SSSR count). The number of amides is 1. The smallest absolute Gasteiger partial charge is 0.274 e. The van der Waals surface area contributed by atoms with E-state index >= 15 is 0 Å². The number of nitrogens with zero attached hydrogens (tertiary/aromatic N) is 3. The summed E-state index contributed by atoms with van der Waals surface area (Å²) in [5.41, 5.74) is 8.15. The molecule has 0 fully saturated rings. The lowest BCUT2D eigenvalue weighted by Gasteiger charge is -2.25. The van der Waals surface area contributed by atoms with Gasteiger partial charge < -0.3 is 10.6 Å². The first-order valence-electron chi connectivity index (χ1n) is 6.64. The summed E-state index contributed by atoms with van der Waals surface area (Å²) in [7, 11) is 3.38. The Bertz CT molecular complexity index is 663. The third-order valence-corrected chi connectivity index (χ3v) is 3.72. The zero-order valence-electron chi connectivity index (χ0n) is 12.6. The molecule has 1 aromatic carbocycles. The van der Waals surface area contributed by atoms with Gasteiger partial charge in [-0.3, -0.25) is 9.48 Å². The Morgan fingerprint density at radius 2 is 1.95 bits per heavy atom. The Balaban J connectivity index is 2.28. The molecule has 0 aliphatic rings. The summed E-state index contributed by atoms with van der Waals surface area (Å²) in [6.45, 7) is 3.64. The van der Waals surface area contributed by atoms with Gasteiger partial charge in [0.15, 0.2) is 0 Å². The van der Waals surface area contributed by atoms with E-state index in [1.807, 2.05) is 6.92 Å². The summed E-state index contributed by atoms with van der Waals surface area (Å²) < 4.78 is 14.5. The first-order valence-corrected chi connectivity index (χ1v) is 6.64. The van der Waals surface area contributed by atoms with Gasteiger partial charge in [-0.2, -0.15) is 5.10 Å². The van der Waals surface area contributed by atoms with Crippen LogP contribution in [0.5, 0.6) is 0 Å². The van der Waals surface area contributed by atoms with Crippen LogP contribution in [0, 0.1) is 12.7 Å². The molecule has 1 heterocycles. The topological polar surface area (TPSA) is 64.2 Å². The lowest BCUT2D eigenvalue weighted by atomic mass is 10.1. The van der Waals surface area contributed by atoms with Crippen molar-refractivity contribution in [3.63, 3.8) is 0 Å². The predicted molar refractivity (Wildman–Crippen MR) is 79.3 cm³/mol. The molecule has 6 heteroatoms. The van der Waals surface area contributed by atoms with Crippen LogP contribution in [0.1, 0.15) is 34.7 Å². The van der Waals surface area contributed by atoms with Crippen LogP contribution in [-0.4, -0.2) is 27.6 Å². The van der Waals surface area contributed by atoms with Crippen LogP contribution < -0.4 is 5.73 Å². The van der Waals surface area contributed by atoms with Crippen LogP contribution in [0.2, 0.25) is 0 Å². The van der Waals surface area contributed by atoms with Gasteiger partial charge in [0.05, 0.1) is 17.4 Å². The summed E-state index contributed by atoms with van der Waals surface area (Å²) in [5, 5.41) is 4.15. The van der Waals surface area contributed by atoms with Gasteiger partial charge in [-0.25, -0.2) is 4.39 Å². The van der Waals surface area contributed by atoms with E-state index in [1.54, 1.807) is 38.1 Å². The first-order chi connectivity index (χ1) is 9.82. The lowest BCUT2D eigenvalue weighted by Crippen LogP contribution is -2.31. The normalized spacial score (nSPS) is 12.2. The molecule has 0 spiro atoms. The summed E-state index contributed by atoms with van der Waals surface area (Å²) in [6, 6.07) is 5.90. The van der Waals surface area contributed by atoms with Gasteiger partial charge in [-0.05, 0) is 31.5 Å². The van der Waals surface area contributed by atoms with E-state index in [-0.39, 0.29) is 17.8 Å². The fraction of sp³-hybridized carbons (Fsp3) is 0.333. The van der Waals surface area contributed by atoms with Gasteiger partial charge in [-0.1, -0.05) is 12.1 Å². The Morgan fingerprint density at radius 3 is 2.43 bits per heavy atom. The fourth-order valence-electron chi connectivity index (χ4n) is 2.24. The Kier molecular flexibility index (Phi) is 3.97. The maximum Gasteiger partial charge on any atom is 0.274 e. The summed E-state index contributed by atoms with van der Waals surface area (Å²) >= 11 is 0. The maximum atomic E-state index is 13.0. The number of nitrogen functional groups attached to an aromatic ring is 1. The fourth-order valence-corrected chi connectivity index (χ4v) is 2.24. The van der Waals surface area contributed by atoms with Gasteiger partial charge >= 0.3 is 0 Å². The van der Waals surface area contributed by atoms with Crippen molar-refractivity contribution in [2.75, 3.05) is 12.8 Å². The van der Waals surface area contributed by atoms with Crippen molar-refractivity contribution in [1.29, 1.82) is 0 Å². The minimum atomic E-state index is -0.300. The summed E-state index contributed by atoms with van der Waals surface area (Å²) in [6.07, 6.45) is 0. The van der Waals surface area contributed by atoms with E-state index in [1.165, 1.54) is 16.8 Å². The van der Waals surface area contributed by atoms with E-state index in [4.69, 9.17) is 5.73 Å². The number of carbonyl (C=O) groups is 1. The highest BCUT2D eigenvalue weighted by Gasteiger charge is 2.25. The van der Waals surface area contributed by atoms with Gasteiger partial charge in [-0.15, -0.1) is 0 Å². The van der Waals surface area contributed by atoms with Crippen molar-refractivity contribution >= 4 is 11.6 Å². The van der Waals surface area contributed by atoms with Crippen LogP contribution >= 0.6 is 0 Å². The van der Waals surface area contributed by atoms with Gasteiger partial charge in [0.25, 0.3) is 5.91 Å². The molecular formula is C15H19FN4O. The molecule has 0 saturated heterocycles. The highest BCUT2D eigenvalue weighted by molar-refractivity contribution is 5.98. The van der Waals surface area contributed by atoms with Crippen LogP contribution in [0.15, 0.2) is 24.3 Å². The molecule has 0 saturated carbocycles. The predicted octanol–water partition coefficient (Wildman–Crippen LogP) is 2.28. The van der Waals surface area contributed by atoms with Crippen molar-refractivity contribution in [3.8, 4) is 0 Å². The largest absolute Gasteiger partial charge is 0.395 e. The number of aromatic nitrogens is 2. The molecule has 1 unspecified atom stereocenters. The quantitative estimate of drug-likeness (QED) is 0.943. The van der Waals surface area contributed by atoms with Crippen LogP contribution in [-0.2, 0) is 7.05 Å². The molecule has 0 aliphatic heterocycles. The van der Waals surface area contributed by atoms with Gasteiger partial charge in [0.1, 0.15) is 11.5 Å². The highest BCUT2D eigenvalue weighted by Crippen LogP contribution is 2.24. The number of hydrogen-bond acceptors (Lipinski definition) is 3. The minimum absolute atomic E-state index is 0.201. The number of anilines is 1. The second kappa shape index (κ2) is 5.55. The van der Waals surface area contributed by atoms with Crippen LogP contribution in [0.25, 0.3) is 0 Å². The SMILES string of the molecule is Cc1nn(C)c(C(=O)N(C)C(C)c2ccc(F)cc2)c1N. The van der Waals surface area contributed by atoms with Crippen molar-refractivity contribution < 1.29 is 9.18 Å². The molecule has 0 bridgehead atoms. The molecule has 21 heavy (non-hydrogen) atoms. The molecule has 0 aliphatic carbocycles. The van der Waals surface area contributed by atoms with E-state index in [0.717, 1.165) is 5.56 Å². The molecule has 1 amide bonds. The van der Waals surface area contributed by atoms with E-state index < -0.39 is 0 Å². The van der Waals surface area contributed by atoms with Crippen LogP contribution in [0.4, 0.5) is 10.1 Å². The number of hydrogen-bond donors (Lipinski definition) is 1. The Hall–Kier alpha value is -2.37. The summed E-state index contributed by atoms with van der Waals surface area (Å²) in [5.74, 6) is -0.515. The Labute approximate surface area is 123 Å². The van der Waals surface area contributed by atoms with E-state index in [2.05, 4.69) is 5.10 Å². The van der Waals surface area contributed by atoms with Crippen LogP contribution in [0.3, 0.4) is 0 Å². The van der Waals surface area contributed by atoms with Crippen molar-refractivity contribution in [2.24, 2.45) is 7.05 Å². The number of aryl methyl sites for hydroxylation is 2. The number of benzene rings is 1. The first kappa shape index (κ1) is 15.0. The minimum Gasteiger partial charge on any atom is -0.395 e. The average Bonchev–Trinajstić information content (AvgIpc) is 2.70. The molecule has 5 nitrogen and oxygen atoms in total. The number of halogens is 1. The molecule has 0 radical (unpaired) electrons. The number of rotatable bonds is 3. The highest BCUT2D eigenvalue weighted by atomic mass is 19.1. The zero-order valence-corrected chi connectivity index (χ0v) is 12.6. The van der Waals surface area contributed by atoms with Crippen molar-refractivity contribution in [1.82, 2.24) is 14.7 Å². The second-order valence-electron chi connectivity index (χ2n) is 5.11. The molecule has 1 aromatic heterocycles. The molecule has 2 N–H and O–H groups in total. The molecule has 2 aromatic rings. The summed E-state index contributed by atoms with van der Waals surface area (Å²) in [4.78, 5) is 14.2. The van der Waals surface area contributed by atoms with E-state index in [9.17, 15) is 9.18 Å². The van der Waals surface area contributed by atoms with Gasteiger partial charge in [0.2, 0.25) is 0 Å². The standard InChI is InChI=1S/C15H19FN4O/c1-9-13(17)14(20(4)18-9)15(21)19(3)10(2)11-5-7-12(16)8-6-11/h5-8,10H,17H2,1-4H3. The zero-order chi connectivity index (χ0) is 15.7. The second-order valence-corrected chi connectivity index (χ2v) is 5.11. The Morgan fingerprint density at radius 1 is 1.38 bits per heavy atom. The number of carbonyl (C=O) groups excluding carboxylic acids is 1. The van der Waals surface area contributed by atoms with Crippen molar-refractivity contribution in [2.45, 2.75) is 19.9 Å². The third-order valence-electron chi connectivity index (χ3n) is 3.72. The van der Waals surface area contributed by atoms with E-state index in [0.29, 0.717) is 17.1 Å². The third kappa shape index (κ3) is 2.74. The molecular weight excluding hydrogens is 271 g/mol. The molecule has 112 valence electrons. The van der Waals surface area contributed by atoms with Gasteiger partial charge in [0, 0.05) is 14.1 Å². The molecule has 1 atom stereocenters. The van der Waals surface area contributed by atoms with Crippen molar-refractivity contribution in [3.05, 3.63) is 47.0 Å². The number of nitrogens with two attached hydrogens (primary N) is 1. The monoisotopic (exact) mass is 290 g/mol. The maximum absolute atomic E-state index is 13.0. The average molecular weight is 290 g/mol. The lowest BCUT2D eigenvalue weighted by molar-refractivity contribution is 0.0732.